The molecule has 12 heavy (non-hydrogen) atoms. The van der Waals surface area contributed by atoms with Crippen molar-refractivity contribution in [2.45, 2.75) is 26.7 Å². The van der Waals surface area contributed by atoms with Crippen molar-refractivity contribution in [1.82, 2.24) is 0 Å². The first-order valence-electron chi connectivity index (χ1n) is 4.32. The van der Waals surface area contributed by atoms with Crippen molar-refractivity contribution < 1.29 is 4.81 Å². The van der Waals surface area contributed by atoms with Gasteiger partial charge in [-0.3, -0.25) is 0 Å². The standard InChI is InChI=1S/C9H15BN2/c1-3-5-7-12(10-9-11)8-6-4-2/h12H,3,5,7-8H2,1-2H3. The minimum atomic E-state index is 0.754. The monoisotopic (exact) mass is 162 g/mol. The maximum absolute atomic E-state index is 8.46. The van der Waals surface area contributed by atoms with E-state index < -0.39 is 0 Å². The van der Waals surface area contributed by atoms with Gasteiger partial charge in [-0.15, -0.1) is 11.9 Å². The maximum atomic E-state index is 8.46. The average molecular weight is 162 g/mol. The second-order valence-corrected chi connectivity index (χ2v) is 2.64. The Bertz CT molecular complexity index is 197. The van der Waals surface area contributed by atoms with E-state index in [-0.39, 0.29) is 0 Å². The van der Waals surface area contributed by atoms with Gasteiger partial charge in [0.05, 0.1) is 6.54 Å². The summed E-state index contributed by atoms with van der Waals surface area (Å²) in [5, 5.41) is 8.46. The summed E-state index contributed by atoms with van der Waals surface area (Å²) in [4.78, 5) is 1.16. The number of nitrogens with zero attached hydrogens (tertiary/aromatic N) is 1. The Balaban J connectivity index is 3.68. The summed E-state index contributed by atoms with van der Waals surface area (Å²) in [7, 11) is 1.62. The van der Waals surface area contributed by atoms with E-state index in [2.05, 4.69) is 24.7 Å². The maximum Gasteiger partial charge on any atom is 0.126 e. The summed E-state index contributed by atoms with van der Waals surface area (Å²) in [6, 6.07) is 0. The van der Waals surface area contributed by atoms with E-state index in [9.17, 15) is 0 Å². The van der Waals surface area contributed by atoms with Crippen LogP contribution in [0.15, 0.2) is 0 Å². The number of hydrogen-bond donors (Lipinski definition) is 1. The van der Waals surface area contributed by atoms with Crippen LogP contribution in [0.3, 0.4) is 0 Å². The Morgan fingerprint density at radius 1 is 1.50 bits per heavy atom. The van der Waals surface area contributed by atoms with Gasteiger partial charge in [-0.2, -0.15) is 0 Å². The van der Waals surface area contributed by atoms with Crippen molar-refractivity contribution in [2.24, 2.45) is 0 Å². The SMILES string of the molecule is CC#CC[NH+]([B-]C#N)CCCC. The lowest BCUT2D eigenvalue weighted by atomic mass is 9.94. The molecule has 0 spiro atoms. The minimum Gasteiger partial charge on any atom is -0.548 e. The van der Waals surface area contributed by atoms with Crippen LogP contribution in [0.4, 0.5) is 0 Å². The first-order valence-corrected chi connectivity index (χ1v) is 4.32. The fourth-order valence-electron chi connectivity index (χ4n) is 0.909. The first kappa shape index (κ1) is 11.1. The van der Waals surface area contributed by atoms with Crippen LogP contribution in [0.25, 0.3) is 0 Å². The van der Waals surface area contributed by atoms with E-state index in [0.29, 0.717) is 0 Å². The van der Waals surface area contributed by atoms with Crippen molar-refractivity contribution in [3.05, 3.63) is 0 Å². The van der Waals surface area contributed by atoms with E-state index in [1.54, 1.807) is 7.41 Å². The molecule has 0 saturated heterocycles. The zero-order valence-electron chi connectivity index (χ0n) is 7.85. The molecule has 1 unspecified atom stereocenters. The molecule has 3 heteroatoms. The Kier molecular flexibility index (Phi) is 7.54. The molecule has 0 aromatic heterocycles. The predicted octanol–water partition coefficient (Wildman–Crippen LogP) is -0.205. The molecule has 0 aromatic carbocycles. The summed E-state index contributed by atoms with van der Waals surface area (Å²) in [5.74, 6) is 7.86. The van der Waals surface area contributed by atoms with Gasteiger partial charge in [-0.05, 0) is 19.3 Å². The molecule has 0 aliphatic rings. The van der Waals surface area contributed by atoms with Gasteiger partial charge in [0.2, 0.25) is 0 Å². The summed E-state index contributed by atoms with van der Waals surface area (Å²) < 4.78 is 0. The molecular formula is C9H15BN2. The molecule has 0 aromatic rings. The minimum absolute atomic E-state index is 0.754. The summed E-state index contributed by atoms with van der Waals surface area (Å²) in [5.41, 5.74) is 0. The number of quaternary nitrogens is 1. The van der Waals surface area contributed by atoms with Crippen molar-refractivity contribution in [3.8, 4) is 17.8 Å². The molecule has 0 rings (SSSR count). The van der Waals surface area contributed by atoms with E-state index >= 15 is 0 Å². The second-order valence-electron chi connectivity index (χ2n) is 2.64. The normalized spacial score (nSPS) is 11.1. The van der Waals surface area contributed by atoms with Crippen LogP contribution in [0, 0.1) is 23.1 Å². The van der Waals surface area contributed by atoms with Crippen LogP contribution < -0.4 is 4.81 Å². The van der Waals surface area contributed by atoms with E-state index in [1.807, 2.05) is 6.92 Å². The number of rotatable bonds is 5. The number of unbranched alkanes of at least 4 members (excludes halogenated alkanes) is 1. The third kappa shape index (κ3) is 5.83. The van der Waals surface area contributed by atoms with E-state index in [4.69, 9.17) is 5.26 Å². The predicted molar refractivity (Wildman–Crippen MR) is 50.4 cm³/mol. The average Bonchev–Trinajstić information content (AvgIpc) is 2.10. The smallest absolute Gasteiger partial charge is 0.126 e. The molecule has 0 fully saturated rings. The van der Waals surface area contributed by atoms with Gasteiger partial charge in [0.15, 0.2) is 0 Å². The molecule has 64 valence electrons. The van der Waals surface area contributed by atoms with Crippen LogP contribution in [0.1, 0.15) is 26.7 Å². The van der Waals surface area contributed by atoms with Gasteiger partial charge < -0.3 is 4.81 Å². The van der Waals surface area contributed by atoms with Gasteiger partial charge in [-0.1, -0.05) is 13.3 Å². The molecular weight excluding hydrogens is 147 g/mol. The highest BCUT2D eigenvalue weighted by atomic mass is 15.0. The molecule has 0 heterocycles. The molecule has 0 aliphatic carbocycles. The van der Waals surface area contributed by atoms with Crippen LogP contribution in [-0.4, -0.2) is 20.5 Å². The molecule has 1 N–H and O–H groups in total. The van der Waals surface area contributed by atoms with Gasteiger partial charge in [0, 0.05) is 6.54 Å². The topological polar surface area (TPSA) is 28.2 Å². The van der Waals surface area contributed by atoms with Crippen LogP contribution >= 0.6 is 0 Å². The fraction of sp³-hybridized carbons (Fsp3) is 0.667. The summed E-state index contributed by atoms with van der Waals surface area (Å²) >= 11 is 0. The molecule has 2 nitrogen and oxygen atoms in total. The van der Waals surface area contributed by atoms with Crippen LogP contribution in [0.2, 0.25) is 0 Å². The lowest BCUT2D eigenvalue weighted by Crippen LogP contribution is -3.13. The van der Waals surface area contributed by atoms with Gasteiger partial charge in [0.1, 0.15) is 7.41 Å². The Hall–Kier alpha value is -0.925. The van der Waals surface area contributed by atoms with Gasteiger partial charge in [0.25, 0.3) is 0 Å². The largest absolute Gasteiger partial charge is 0.548 e. The van der Waals surface area contributed by atoms with E-state index in [1.165, 1.54) is 6.42 Å². The molecule has 0 bridgehead atoms. The molecule has 0 saturated carbocycles. The molecule has 0 aliphatic heterocycles. The van der Waals surface area contributed by atoms with Gasteiger partial charge in [-0.25, -0.2) is 5.26 Å². The van der Waals surface area contributed by atoms with Crippen LogP contribution in [0.5, 0.6) is 0 Å². The molecule has 0 amide bonds. The quantitative estimate of drug-likeness (QED) is 0.440. The fourth-order valence-corrected chi connectivity index (χ4v) is 0.909. The highest BCUT2D eigenvalue weighted by molar-refractivity contribution is 6.35. The Morgan fingerprint density at radius 2 is 2.25 bits per heavy atom. The van der Waals surface area contributed by atoms with Crippen molar-refractivity contribution in [1.29, 1.82) is 5.26 Å². The highest BCUT2D eigenvalue weighted by Crippen LogP contribution is 1.78. The van der Waals surface area contributed by atoms with Crippen LogP contribution in [-0.2, 0) is 0 Å². The second kappa shape index (κ2) is 8.17. The van der Waals surface area contributed by atoms with Crippen molar-refractivity contribution >= 4 is 7.41 Å². The van der Waals surface area contributed by atoms with Crippen molar-refractivity contribution in [2.75, 3.05) is 13.1 Å². The molecule has 1 atom stereocenters. The Morgan fingerprint density at radius 3 is 2.75 bits per heavy atom. The number of hydrogen-bond acceptors (Lipinski definition) is 1. The number of nitrogens with one attached hydrogen (secondary N) is 1. The van der Waals surface area contributed by atoms with E-state index in [0.717, 1.165) is 24.3 Å². The molecule has 2 radical (unpaired) electrons. The third-order valence-electron chi connectivity index (χ3n) is 1.61. The zero-order valence-corrected chi connectivity index (χ0v) is 7.85. The lowest BCUT2D eigenvalue weighted by molar-refractivity contribution is -0.774. The zero-order chi connectivity index (χ0) is 9.23. The summed E-state index contributed by atoms with van der Waals surface area (Å²) in [6.07, 6.45) is 2.32. The highest BCUT2D eigenvalue weighted by Gasteiger charge is 1.93. The third-order valence-corrected chi connectivity index (χ3v) is 1.61. The van der Waals surface area contributed by atoms with Gasteiger partial charge >= 0.3 is 0 Å². The summed E-state index contributed by atoms with van der Waals surface area (Å²) in [6.45, 7) is 5.74. The Labute approximate surface area is 75.8 Å². The van der Waals surface area contributed by atoms with Crippen molar-refractivity contribution in [3.63, 3.8) is 0 Å². The number of nitriles is 1. The first-order chi connectivity index (χ1) is 5.85. The lowest BCUT2D eigenvalue weighted by Gasteiger charge is -2.24.